The number of sulfone groups is 1. The summed E-state index contributed by atoms with van der Waals surface area (Å²) in [5.41, 5.74) is -0.246. The van der Waals surface area contributed by atoms with Gasteiger partial charge in [-0.25, -0.2) is 13.2 Å². The van der Waals surface area contributed by atoms with Crippen molar-refractivity contribution in [3.8, 4) is 0 Å². The van der Waals surface area contributed by atoms with Crippen molar-refractivity contribution in [3.05, 3.63) is 0 Å². The van der Waals surface area contributed by atoms with Crippen molar-refractivity contribution >= 4 is 21.7 Å². The quantitative estimate of drug-likeness (QED) is 0.734. The highest BCUT2D eigenvalue weighted by Gasteiger charge is 2.24. The summed E-state index contributed by atoms with van der Waals surface area (Å²) in [6.07, 6.45) is 1.10. The fourth-order valence-corrected chi connectivity index (χ4v) is 1.98. The minimum Gasteiger partial charge on any atom is -0.480 e. The molecule has 2 N–H and O–H groups in total. The molecule has 0 heterocycles. The molecule has 7 heteroatoms. The van der Waals surface area contributed by atoms with Crippen molar-refractivity contribution in [2.45, 2.75) is 39.7 Å². The van der Waals surface area contributed by atoms with Gasteiger partial charge >= 0.3 is 5.97 Å². The van der Waals surface area contributed by atoms with E-state index in [-0.39, 0.29) is 29.9 Å². The first-order chi connectivity index (χ1) is 7.91. The van der Waals surface area contributed by atoms with Gasteiger partial charge in [-0.3, -0.25) is 4.79 Å². The summed E-state index contributed by atoms with van der Waals surface area (Å²) in [5.74, 6) is -1.87. The van der Waals surface area contributed by atoms with Crippen LogP contribution in [0.4, 0.5) is 0 Å². The summed E-state index contributed by atoms with van der Waals surface area (Å²) in [7, 11) is -3.24. The molecule has 0 saturated carbocycles. The molecule has 0 aromatic carbocycles. The number of nitrogens with one attached hydrogen (secondary N) is 1. The van der Waals surface area contributed by atoms with Gasteiger partial charge in [-0.2, -0.15) is 0 Å². The van der Waals surface area contributed by atoms with E-state index in [1.165, 1.54) is 0 Å². The van der Waals surface area contributed by atoms with Crippen LogP contribution in [0.3, 0.4) is 0 Å². The molecule has 1 unspecified atom stereocenters. The molecule has 1 atom stereocenters. The maximum absolute atomic E-state index is 11.6. The van der Waals surface area contributed by atoms with Gasteiger partial charge in [0.25, 0.3) is 0 Å². The molecule has 0 aromatic rings. The predicted molar refractivity (Wildman–Crippen MR) is 68.0 cm³/mol. The number of rotatable bonds is 6. The Morgan fingerprint density at radius 2 is 1.78 bits per heavy atom. The smallest absolute Gasteiger partial charge is 0.326 e. The molecule has 0 bridgehead atoms. The Morgan fingerprint density at radius 1 is 1.28 bits per heavy atom. The molecule has 0 saturated heterocycles. The standard InChI is InChI=1S/C11H21NO5S/c1-11(2,3)7-9(13)12-8(10(14)15)5-6-18(4,16)17/h8H,5-7H2,1-4H3,(H,12,13)(H,14,15). The van der Waals surface area contributed by atoms with E-state index in [0.717, 1.165) is 6.26 Å². The average Bonchev–Trinajstić information content (AvgIpc) is 2.06. The van der Waals surface area contributed by atoms with Crippen LogP contribution in [0.25, 0.3) is 0 Å². The topological polar surface area (TPSA) is 101 Å². The SMILES string of the molecule is CC(C)(C)CC(=O)NC(CCS(C)(=O)=O)C(=O)O. The van der Waals surface area contributed by atoms with Crippen LogP contribution in [0.2, 0.25) is 0 Å². The largest absolute Gasteiger partial charge is 0.480 e. The first-order valence-corrected chi connectivity index (χ1v) is 7.67. The van der Waals surface area contributed by atoms with Gasteiger partial charge in [0.05, 0.1) is 5.75 Å². The molecule has 0 aromatic heterocycles. The van der Waals surface area contributed by atoms with Gasteiger partial charge in [0.1, 0.15) is 15.9 Å². The third-order valence-corrected chi connectivity index (χ3v) is 3.08. The Labute approximate surface area is 108 Å². The second-order valence-electron chi connectivity index (χ2n) is 5.61. The van der Waals surface area contributed by atoms with E-state index in [0.29, 0.717) is 0 Å². The molecule has 106 valence electrons. The van der Waals surface area contributed by atoms with Crippen molar-refractivity contribution in [2.24, 2.45) is 5.41 Å². The Kier molecular flexibility index (Phi) is 5.79. The highest BCUT2D eigenvalue weighted by molar-refractivity contribution is 7.90. The Hall–Kier alpha value is -1.11. The molecule has 18 heavy (non-hydrogen) atoms. The lowest BCUT2D eigenvalue weighted by Crippen LogP contribution is -2.42. The summed E-state index contributed by atoms with van der Waals surface area (Å²) in [4.78, 5) is 22.5. The second-order valence-corrected chi connectivity index (χ2v) is 7.87. The number of carboxylic acids is 1. The van der Waals surface area contributed by atoms with Crippen LogP contribution in [-0.4, -0.2) is 43.5 Å². The van der Waals surface area contributed by atoms with Crippen LogP contribution >= 0.6 is 0 Å². The number of carbonyl (C=O) groups is 2. The van der Waals surface area contributed by atoms with Gasteiger partial charge in [-0.15, -0.1) is 0 Å². The fourth-order valence-electron chi connectivity index (χ4n) is 1.32. The minimum atomic E-state index is -3.24. The number of amides is 1. The molecule has 0 spiro atoms. The highest BCUT2D eigenvalue weighted by atomic mass is 32.2. The van der Waals surface area contributed by atoms with Gasteiger partial charge in [0.15, 0.2) is 0 Å². The van der Waals surface area contributed by atoms with E-state index in [1.54, 1.807) is 0 Å². The zero-order chi connectivity index (χ0) is 14.6. The average molecular weight is 279 g/mol. The molecule has 1 amide bonds. The lowest BCUT2D eigenvalue weighted by atomic mass is 9.92. The molecular formula is C11H21NO5S. The van der Waals surface area contributed by atoms with E-state index in [2.05, 4.69) is 5.32 Å². The van der Waals surface area contributed by atoms with Gasteiger partial charge < -0.3 is 10.4 Å². The first-order valence-electron chi connectivity index (χ1n) is 5.60. The molecule has 0 radical (unpaired) electrons. The lowest BCUT2D eigenvalue weighted by Gasteiger charge is -2.20. The van der Waals surface area contributed by atoms with Crippen molar-refractivity contribution < 1.29 is 23.1 Å². The van der Waals surface area contributed by atoms with Crippen molar-refractivity contribution in [1.29, 1.82) is 0 Å². The monoisotopic (exact) mass is 279 g/mol. The third-order valence-electron chi connectivity index (χ3n) is 2.10. The second kappa shape index (κ2) is 6.17. The van der Waals surface area contributed by atoms with Crippen molar-refractivity contribution in [1.82, 2.24) is 5.32 Å². The van der Waals surface area contributed by atoms with Crippen LogP contribution < -0.4 is 5.32 Å². The van der Waals surface area contributed by atoms with Crippen LogP contribution in [0, 0.1) is 5.41 Å². The summed E-state index contributed by atoms with van der Waals surface area (Å²) in [5, 5.41) is 11.3. The van der Waals surface area contributed by atoms with Crippen LogP contribution in [0.1, 0.15) is 33.6 Å². The van der Waals surface area contributed by atoms with Crippen molar-refractivity contribution in [3.63, 3.8) is 0 Å². The molecule has 6 nitrogen and oxygen atoms in total. The number of hydrogen-bond acceptors (Lipinski definition) is 4. The van der Waals surface area contributed by atoms with Crippen molar-refractivity contribution in [2.75, 3.05) is 12.0 Å². The maximum atomic E-state index is 11.6. The lowest BCUT2D eigenvalue weighted by molar-refractivity contribution is -0.142. The van der Waals surface area contributed by atoms with Crippen LogP contribution in [-0.2, 0) is 19.4 Å². The van der Waals surface area contributed by atoms with E-state index >= 15 is 0 Å². The molecule has 0 fully saturated rings. The van der Waals surface area contributed by atoms with Gasteiger partial charge in [-0.1, -0.05) is 20.8 Å². The number of hydrogen-bond donors (Lipinski definition) is 2. The maximum Gasteiger partial charge on any atom is 0.326 e. The molecule has 0 aliphatic rings. The normalized spacial score (nSPS) is 14.0. The molecule has 0 aliphatic heterocycles. The fraction of sp³-hybridized carbons (Fsp3) is 0.818. The Balaban J connectivity index is 4.46. The molecule has 0 aliphatic carbocycles. The Bertz CT molecular complexity index is 408. The number of aliphatic carboxylic acids is 1. The van der Waals surface area contributed by atoms with E-state index in [4.69, 9.17) is 5.11 Å². The Morgan fingerprint density at radius 3 is 2.11 bits per heavy atom. The summed E-state index contributed by atoms with van der Waals surface area (Å²) < 4.78 is 21.9. The zero-order valence-corrected chi connectivity index (χ0v) is 12.0. The van der Waals surface area contributed by atoms with Crippen LogP contribution in [0.5, 0.6) is 0 Å². The molecular weight excluding hydrogens is 258 g/mol. The molecule has 0 rings (SSSR count). The zero-order valence-electron chi connectivity index (χ0n) is 11.2. The van der Waals surface area contributed by atoms with Gasteiger partial charge in [-0.05, 0) is 11.8 Å². The number of carboxylic acid groups (broad SMARTS) is 1. The van der Waals surface area contributed by atoms with Gasteiger partial charge in [0, 0.05) is 12.7 Å². The highest BCUT2D eigenvalue weighted by Crippen LogP contribution is 2.18. The first kappa shape index (κ1) is 16.9. The van der Waals surface area contributed by atoms with Crippen LogP contribution in [0.15, 0.2) is 0 Å². The van der Waals surface area contributed by atoms with E-state index in [1.807, 2.05) is 20.8 Å². The summed E-state index contributed by atoms with van der Waals surface area (Å²) in [6.45, 7) is 5.58. The van der Waals surface area contributed by atoms with Gasteiger partial charge in [0.2, 0.25) is 5.91 Å². The number of carbonyl (C=O) groups excluding carboxylic acids is 1. The predicted octanol–water partition coefficient (Wildman–Crippen LogP) is 0.427. The summed E-state index contributed by atoms with van der Waals surface area (Å²) in [6, 6.07) is -1.16. The minimum absolute atomic E-state index is 0.121. The van der Waals surface area contributed by atoms with E-state index < -0.39 is 21.8 Å². The summed E-state index contributed by atoms with van der Waals surface area (Å²) >= 11 is 0. The third kappa shape index (κ3) is 8.98. The van der Waals surface area contributed by atoms with E-state index in [9.17, 15) is 18.0 Å².